The molecule has 2 rings (SSSR count). The Morgan fingerprint density at radius 1 is 0.938 bits per heavy atom. The zero-order chi connectivity index (χ0) is 12.0. The van der Waals surface area contributed by atoms with Crippen molar-refractivity contribution < 1.29 is 9.31 Å². The van der Waals surface area contributed by atoms with Crippen molar-refractivity contribution in [3.63, 3.8) is 0 Å². The molecule has 0 bridgehead atoms. The Hall–Kier alpha value is -0.445. The van der Waals surface area contributed by atoms with Gasteiger partial charge in [-0.1, -0.05) is 12.1 Å². The number of thiol groups is 1. The lowest BCUT2D eigenvalue weighted by molar-refractivity contribution is 0.00578. The second-order valence-electron chi connectivity index (χ2n) is 5.18. The van der Waals surface area contributed by atoms with Gasteiger partial charge in [-0.3, -0.25) is 0 Å². The Kier molecular flexibility index (Phi) is 2.85. The van der Waals surface area contributed by atoms with Crippen molar-refractivity contribution in [3.8, 4) is 0 Å². The van der Waals surface area contributed by atoms with E-state index in [1.807, 2.05) is 24.3 Å². The third-order valence-corrected chi connectivity index (χ3v) is 3.72. The SMILES string of the molecule is CC1(C)OB(c2ccc(S)cc2)OC1(C)C. The van der Waals surface area contributed by atoms with E-state index in [0.29, 0.717) is 0 Å². The Labute approximate surface area is 103 Å². The van der Waals surface area contributed by atoms with E-state index in [-0.39, 0.29) is 18.3 Å². The average Bonchev–Trinajstić information content (AvgIpc) is 2.37. The van der Waals surface area contributed by atoms with Crippen LogP contribution >= 0.6 is 12.6 Å². The summed E-state index contributed by atoms with van der Waals surface area (Å²) in [6.07, 6.45) is 0. The Balaban J connectivity index is 2.23. The van der Waals surface area contributed by atoms with Gasteiger partial charge < -0.3 is 9.31 Å². The Morgan fingerprint density at radius 3 is 1.81 bits per heavy atom. The van der Waals surface area contributed by atoms with Gasteiger partial charge in [-0.15, -0.1) is 12.6 Å². The fourth-order valence-electron chi connectivity index (χ4n) is 1.61. The van der Waals surface area contributed by atoms with Gasteiger partial charge in [-0.05, 0) is 45.3 Å². The van der Waals surface area contributed by atoms with Crippen LogP contribution in [0, 0.1) is 0 Å². The average molecular weight is 236 g/mol. The third-order valence-electron chi connectivity index (χ3n) is 3.42. The molecule has 2 nitrogen and oxygen atoms in total. The molecule has 1 saturated heterocycles. The van der Waals surface area contributed by atoms with E-state index in [1.54, 1.807) is 0 Å². The summed E-state index contributed by atoms with van der Waals surface area (Å²) >= 11 is 4.26. The van der Waals surface area contributed by atoms with Crippen LogP contribution in [-0.4, -0.2) is 18.3 Å². The zero-order valence-corrected chi connectivity index (χ0v) is 11.0. The molecule has 0 aliphatic carbocycles. The molecule has 16 heavy (non-hydrogen) atoms. The van der Waals surface area contributed by atoms with E-state index >= 15 is 0 Å². The van der Waals surface area contributed by atoms with E-state index < -0.39 is 0 Å². The van der Waals surface area contributed by atoms with E-state index in [0.717, 1.165) is 10.4 Å². The van der Waals surface area contributed by atoms with E-state index in [4.69, 9.17) is 9.31 Å². The van der Waals surface area contributed by atoms with Gasteiger partial charge in [0.2, 0.25) is 0 Å². The second kappa shape index (κ2) is 3.79. The van der Waals surface area contributed by atoms with Crippen LogP contribution < -0.4 is 5.46 Å². The van der Waals surface area contributed by atoms with Crippen molar-refractivity contribution in [3.05, 3.63) is 24.3 Å². The third kappa shape index (κ3) is 2.02. The van der Waals surface area contributed by atoms with Gasteiger partial charge in [0.05, 0.1) is 11.2 Å². The van der Waals surface area contributed by atoms with Crippen LogP contribution in [0.4, 0.5) is 0 Å². The molecule has 1 aromatic rings. The lowest BCUT2D eigenvalue weighted by Gasteiger charge is -2.32. The van der Waals surface area contributed by atoms with Crippen molar-refractivity contribution in [1.82, 2.24) is 0 Å². The van der Waals surface area contributed by atoms with Crippen LogP contribution in [0.2, 0.25) is 0 Å². The van der Waals surface area contributed by atoms with Crippen LogP contribution in [0.15, 0.2) is 29.2 Å². The molecular formula is C12H17BO2S. The molecule has 0 amide bonds. The second-order valence-corrected chi connectivity index (χ2v) is 5.70. The number of hydrogen-bond acceptors (Lipinski definition) is 3. The number of hydrogen-bond donors (Lipinski definition) is 1. The Morgan fingerprint density at radius 2 is 1.38 bits per heavy atom. The standard InChI is InChI=1S/C12H17BO2S/c1-11(2)12(3,4)15-13(14-11)9-5-7-10(16)8-6-9/h5-8,16H,1-4H3. The summed E-state index contributed by atoms with van der Waals surface area (Å²) in [7, 11) is -0.279. The maximum absolute atomic E-state index is 5.94. The largest absolute Gasteiger partial charge is 0.494 e. The molecule has 0 spiro atoms. The molecule has 0 N–H and O–H groups in total. The van der Waals surface area contributed by atoms with E-state index in [9.17, 15) is 0 Å². The molecule has 0 saturated carbocycles. The van der Waals surface area contributed by atoms with Crippen molar-refractivity contribution in [1.29, 1.82) is 0 Å². The molecule has 1 fully saturated rings. The molecule has 86 valence electrons. The molecule has 0 aromatic heterocycles. The van der Waals surface area contributed by atoms with Gasteiger partial charge in [0.15, 0.2) is 0 Å². The van der Waals surface area contributed by atoms with E-state index in [1.165, 1.54) is 0 Å². The molecule has 0 radical (unpaired) electrons. The first-order valence-corrected chi connectivity index (χ1v) is 5.91. The van der Waals surface area contributed by atoms with Crippen LogP contribution in [0.1, 0.15) is 27.7 Å². The fraction of sp³-hybridized carbons (Fsp3) is 0.500. The smallest absolute Gasteiger partial charge is 0.399 e. The first-order chi connectivity index (χ1) is 7.32. The van der Waals surface area contributed by atoms with Gasteiger partial charge in [-0.25, -0.2) is 0 Å². The molecule has 4 heteroatoms. The monoisotopic (exact) mass is 236 g/mol. The van der Waals surface area contributed by atoms with Crippen molar-refractivity contribution in [2.45, 2.75) is 43.8 Å². The van der Waals surface area contributed by atoms with Crippen LogP contribution in [0.3, 0.4) is 0 Å². The summed E-state index contributed by atoms with van der Waals surface area (Å²) in [5.74, 6) is 0. The van der Waals surface area contributed by atoms with Crippen molar-refractivity contribution >= 4 is 25.2 Å². The predicted molar refractivity (Wildman–Crippen MR) is 69.4 cm³/mol. The maximum Gasteiger partial charge on any atom is 0.494 e. The summed E-state index contributed by atoms with van der Waals surface area (Å²) in [6, 6.07) is 7.88. The fourth-order valence-corrected chi connectivity index (χ4v) is 1.76. The highest BCUT2D eigenvalue weighted by molar-refractivity contribution is 7.80. The minimum atomic E-state index is -0.280. The Bertz CT molecular complexity index is 371. The minimum Gasteiger partial charge on any atom is -0.399 e. The summed E-state index contributed by atoms with van der Waals surface area (Å²) in [6.45, 7) is 8.22. The molecule has 0 atom stereocenters. The predicted octanol–water partition coefficient (Wildman–Crippen LogP) is 2.27. The molecular weight excluding hydrogens is 219 g/mol. The van der Waals surface area contributed by atoms with Crippen LogP contribution in [0.5, 0.6) is 0 Å². The van der Waals surface area contributed by atoms with Gasteiger partial charge >= 0.3 is 7.12 Å². The summed E-state index contributed by atoms with van der Waals surface area (Å²) < 4.78 is 11.9. The van der Waals surface area contributed by atoms with E-state index in [2.05, 4.69) is 40.3 Å². The molecule has 1 aliphatic heterocycles. The first-order valence-electron chi connectivity index (χ1n) is 5.46. The highest BCUT2D eigenvalue weighted by atomic mass is 32.1. The van der Waals surface area contributed by atoms with Gasteiger partial charge in [0, 0.05) is 4.90 Å². The molecule has 1 aliphatic rings. The quantitative estimate of drug-likeness (QED) is 0.595. The number of rotatable bonds is 1. The zero-order valence-electron chi connectivity index (χ0n) is 10.2. The van der Waals surface area contributed by atoms with Gasteiger partial charge in [0.1, 0.15) is 0 Å². The molecule has 0 unspecified atom stereocenters. The van der Waals surface area contributed by atoms with Crippen LogP contribution in [0.25, 0.3) is 0 Å². The highest BCUT2D eigenvalue weighted by Gasteiger charge is 2.51. The topological polar surface area (TPSA) is 18.5 Å². The van der Waals surface area contributed by atoms with Crippen molar-refractivity contribution in [2.75, 3.05) is 0 Å². The summed E-state index contributed by atoms with van der Waals surface area (Å²) in [5, 5.41) is 0. The van der Waals surface area contributed by atoms with Gasteiger partial charge in [0.25, 0.3) is 0 Å². The van der Waals surface area contributed by atoms with Gasteiger partial charge in [-0.2, -0.15) is 0 Å². The van der Waals surface area contributed by atoms with Crippen molar-refractivity contribution in [2.24, 2.45) is 0 Å². The van der Waals surface area contributed by atoms with Crippen LogP contribution in [-0.2, 0) is 9.31 Å². The first kappa shape index (κ1) is 12.0. The highest BCUT2D eigenvalue weighted by Crippen LogP contribution is 2.36. The molecule has 1 heterocycles. The number of benzene rings is 1. The lowest BCUT2D eigenvalue weighted by atomic mass is 9.79. The summed E-state index contributed by atoms with van der Waals surface area (Å²) in [5.41, 5.74) is 0.477. The maximum atomic E-state index is 5.94. The minimum absolute atomic E-state index is 0.279. The summed E-state index contributed by atoms with van der Waals surface area (Å²) in [4.78, 5) is 0.945. The lowest BCUT2D eigenvalue weighted by Crippen LogP contribution is -2.41. The normalized spacial score (nSPS) is 22.4. The molecule has 1 aromatic carbocycles.